The van der Waals surface area contributed by atoms with Crippen molar-refractivity contribution in [1.82, 2.24) is 5.48 Å². The second kappa shape index (κ2) is 9.79. The van der Waals surface area contributed by atoms with Crippen LogP contribution in [-0.4, -0.2) is 15.9 Å². The molecule has 18 heavy (non-hydrogen) atoms. The van der Waals surface area contributed by atoms with Crippen LogP contribution in [0.5, 0.6) is 0 Å². The lowest BCUT2D eigenvalue weighted by Gasteiger charge is -2.13. The van der Waals surface area contributed by atoms with E-state index >= 15 is 0 Å². The minimum Gasteiger partial charge on any atom is -0.250 e. The van der Waals surface area contributed by atoms with E-state index in [1.54, 1.807) is 0 Å². The van der Waals surface area contributed by atoms with Gasteiger partial charge in [-0.2, -0.15) is 4.28 Å². The lowest BCUT2D eigenvalue weighted by atomic mass is 10.1. The molecule has 0 saturated heterocycles. The van der Waals surface area contributed by atoms with Crippen molar-refractivity contribution in [3.8, 4) is 0 Å². The normalized spacial score (nSPS) is 17.2. The lowest BCUT2D eigenvalue weighted by molar-refractivity contribution is 0.287. The van der Waals surface area contributed by atoms with E-state index in [2.05, 4.69) is 10.5 Å². The molecule has 5 heteroatoms. The van der Waals surface area contributed by atoms with Gasteiger partial charge in [-0.15, -0.1) is 0 Å². The highest BCUT2D eigenvalue weighted by Crippen LogP contribution is 2.06. The average molecular weight is 270 g/mol. The zero-order valence-electron chi connectivity index (χ0n) is 11.7. The van der Waals surface area contributed by atoms with Gasteiger partial charge in [-0.25, -0.2) is 9.69 Å². The molecule has 4 nitrogen and oxygen atoms in total. The molecule has 0 fully saturated rings. The molecule has 0 saturated carbocycles. The molecule has 0 radical (unpaired) electrons. The molecule has 0 aromatic heterocycles. The highest BCUT2D eigenvalue weighted by Gasteiger charge is 2.11. The molecule has 1 aromatic carbocycles. The number of nitrogens with zero attached hydrogens (tertiary/aromatic N) is 1. The topological polar surface area (TPSA) is 50.7 Å². The van der Waals surface area contributed by atoms with Gasteiger partial charge < -0.3 is 0 Å². The van der Waals surface area contributed by atoms with E-state index in [1.807, 2.05) is 58.9 Å². The molecule has 1 heterocycles. The van der Waals surface area contributed by atoms with Crippen molar-refractivity contribution < 1.29 is 8.49 Å². The smallest absolute Gasteiger partial charge is 0.201 e. The molecule has 0 bridgehead atoms. The highest BCUT2D eigenvalue weighted by atomic mass is 32.2. The fourth-order valence-electron chi connectivity index (χ4n) is 1.12. The molecule has 1 unspecified atom stereocenters. The summed E-state index contributed by atoms with van der Waals surface area (Å²) in [5.74, 6) is 0.820. The van der Waals surface area contributed by atoms with Crippen molar-refractivity contribution in [2.75, 3.05) is 5.88 Å². The van der Waals surface area contributed by atoms with Crippen molar-refractivity contribution in [2.45, 2.75) is 34.6 Å². The van der Waals surface area contributed by atoms with Gasteiger partial charge in [-0.1, -0.05) is 57.5 Å². The second-order valence-electron chi connectivity index (χ2n) is 2.99. The number of benzene rings is 1. The van der Waals surface area contributed by atoms with Gasteiger partial charge in [-0.3, -0.25) is 4.99 Å². The number of hydroxylamine groups is 1. The van der Waals surface area contributed by atoms with Crippen molar-refractivity contribution >= 4 is 16.9 Å². The fourth-order valence-corrected chi connectivity index (χ4v) is 1.58. The maximum Gasteiger partial charge on any atom is 0.201 e. The molecule has 1 aromatic rings. The fraction of sp³-hybridized carbons (Fsp3) is 0.462. The maximum absolute atomic E-state index is 10.8. The van der Waals surface area contributed by atoms with Crippen molar-refractivity contribution in [1.29, 1.82) is 0 Å². The van der Waals surface area contributed by atoms with Crippen LogP contribution in [0.4, 0.5) is 0 Å². The molecule has 1 aliphatic heterocycles. The lowest BCUT2D eigenvalue weighted by Crippen LogP contribution is -2.31. The van der Waals surface area contributed by atoms with Crippen LogP contribution in [0, 0.1) is 6.92 Å². The van der Waals surface area contributed by atoms with Crippen LogP contribution in [-0.2, 0) is 15.4 Å². The van der Waals surface area contributed by atoms with Crippen molar-refractivity contribution in [3.63, 3.8) is 0 Å². The number of amidine groups is 1. The standard InChI is InChI=1S/C9H10N2O2S.2C2H6/c1-7-2-4-8(5-3-7)9-10-6-14(12)13-11-9;2*1-2/h2-5H,6H2,1H3,(H,10,11);2*1-2H3. The monoisotopic (exact) mass is 270 g/mol. The predicted octanol–water partition coefficient (Wildman–Crippen LogP) is 2.95. The minimum atomic E-state index is -1.34. The number of aryl methyl sites for hydroxylation is 1. The first-order valence-electron chi connectivity index (χ1n) is 6.19. The van der Waals surface area contributed by atoms with Gasteiger partial charge in [0.1, 0.15) is 5.88 Å². The van der Waals surface area contributed by atoms with E-state index in [1.165, 1.54) is 5.56 Å². The quantitative estimate of drug-likeness (QED) is 0.853. The Kier molecular flexibility index (Phi) is 9.14. The van der Waals surface area contributed by atoms with E-state index in [9.17, 15) is 4.21 Å². The maximum atomic E-state index is 10.8. The summed E-state index contributed by atoms with van der Waals surface area (Å²) in [4.78, 5) is 4.09. The van der Waals surface area contributed by atoms with Crippen LogP contribution in [0.15, 0.2) is 29.3 Å². The van der Waals surface area contributed by atoms with E-state index in [0.29, 0.717) is 5.84 Å². The Balaban J connectivity index is 0.000000659. The third-order valence-corrected chi connectivity index (χ3v) is 2.49. The Hall–Kier alpha value is -1.20. The Bertz CT molecular complexity index is 388. The number of aliphatic imine (C=N–C) groups is 1. The number of nitrogens with one attached hydrogen (secondary N) is 1. The van der Waals surface area contributed by atoms with Gasteiger partial charge in [0.2, 0.25) is 11.1 Å². The Morgan fingerprint density at radius 2 is 1.72 bits per heavy atom. The molecule has 1 N–H and O–H groups in total. The summed E-state index contributed by atoms with van der Waals surface area (Å²) in [7, 11) is 0. The van der Waals surface area contributed by atoms with Gasteiger partial charge in [-0.05, 0) is 6.92 Å². The zero-order chi connectivity index (χ0) is 14.0. The zero-order valence-corrected chi connectivity index (χ0v) is 12.5. The molecule has 1 atom stereocenters. The van der Waals surface area contributed by atoms with Gasteiger partial charge in [0.15, 0.2) is 5.84 Å². The minimum absolute atomic E-state index is 0.191. The van der Waals surface area contributed by atoms with Gasteiger partial charge in [0.25, 0.3) is 0 Å². The van der Waals surface area contributed by atoms with Crippen LogP contribution in [0.2, 0.25) is 0 Å². The predicted molar refractivity (Wildman–Crippen MR) is 77.6 cm³/mol. The first kappa shape index (κ1) is 16.8. The van der Waals surface area contributed by atoms with Crippen LogP contribution in [0.3, 0.4) is 0 Å². The number of hydrogen-bond acceptors (Lipinski definition) is 4. The van der Waals surface area contributed by atoms with Crippen LogP contribution in [0.25, 0.3) is 0 Å². The summed E-state index contributed by atoms with van der Waals surface area (Å²) < 4.78 is 15.6. The molecular weight excluding hydrogens is 248 g/mol. The first-order valence-corrected chi connectivity index (χ1v) is 7.43. The second-order valence-corrected chi connectivity index (χ2v) is 4.02. The number of hydrogen-bond donors (Lipinski definition) is 1. The van der Waals surface area contributed by atoms with Gasteiger partial charge in [0, 0.05) is 5.56 Å². The summed E-state index contributed by atoms with van der Waals surface area (Å²) in [5, 5.41) is 0. The molecule has 0 amide bonds. The number of rotatable bonds is 1. The summed E-state index contributed by atoms with van der Waals surface area (Å²) in [5.41, 5.74) is 4.68. The Morgan fingerprint density at radius 1 is 1.17 bits per heavy atom. The molecule has 102 valence electrons. The molecule has 0 spiro atoms. The largest absolute Gasteiger partial charge is 0.250 e. The average Bonchev–Trinajstić information content (AvgIpc) is 2.45. The van der Waals surface area contributed by atoms with E-state index < -0.39 is 11.1 Å². The third kappa shape index (κ3) is 5.42. The summed E-state index contributed by atoms with van der Waals surface area (Å²) in [6.07, 6.45) is 0. The van der Waals surface area contributed by atoms with Crippen LogP contribution in [0.1, 0.15) is 38.8 Å². The van der Waals surface area contributed by atoms with Crippen molar-refractivity contribution in [2.24, 2.45) is 4.99 Å². The third-order valence-electron chi connectivity index (χ3n) is 1.88. The SMILES string of the molecule is CC.CC.Cc1ccc(C2=NCS(=O)ON2)cc1. The Morgan fingerprint density at radius 3 is 2.17 bits per heavy atom. The van der Waals surface area contributed by atoms with Gasteiger partial charge >= 0.3 is 0 Å². The highest BCUT2D eigenvalue weighted by molar-refractivity contribution is 7.80. The first-order chi connectivity index (χ1) is 8.75. The molecule has 0 aliphatic carbocycles. The van der Waals surface area contributed by atoms with E-state index in [4.69, 9.17) is 4.28 Å². The molecular formula is C13H22N2O2S. The van der Waals surface area contributed by atoms with Crippen LogP contribution < -0.4 is 5.48 Å². The van der Waals surface area contributed by atoms with E-state index in [0.717, 1.165) is 5.56 Å². The molecule has 1 aliphatic rings. The Labute approximate surface area is 112 Å². The van der Waals surface area contributed by atoms with E-state index in [-0.39, 0.29) is 5.88 Å². The summed E-state index contributed by atoms with van der Waals surface area (Å²) in [6, 6.07) is 7.87. The summed E-state index contributed by atoms with van der Waals surface area (Å²) >= 11 is -1.34. The van der Waals surface area contributed by atoms with Crippen molar-refractivity contribution in [3.05, 3.63) is 35.4 Å². The summed E-state index contributed by atoms with van der Waals surface area (Å²) in [6.45, 7) is 10.0. The van der Waals surface area contributed by atoms with Crippen LogP contribution >= 0.6 is 0 Å². The molecule has 2 rings (SSSR count). The van der Waals surface area contributed by atoms with Gasteiger partial charge in [0.05, 0.1) is 0 Å².